The average molecular weight is 309 g/mol. The summed E-state index contributed by atoms with van der Waals surface area (Å²) in [6.45, 7) is 4.04. The zero-order valence-electron chi connectivity index (χ0n) is 13.2. The van der Waals surface area contributed by atoms with Crippen LogP contribution in [0.1, 0.15) is 29.8 Å². The van der Waals surface area contributed by atoms with Gasteiger partial charge in [-0.3, -0.25) is 14.6 Å². The number of anilines is 1. The van der Waals surface area contributed by atoms with Gasteiger partial charge in [-0.05, 0) is 37.6 Å². The molecule has 118 valence electrons. The second-order valence-corrected chi connectivity index (χ2v) is 5.29. The van der Waals surface area contributed by atoms with Gasteiger partial charge < -0.3 is 10.6 Å². The van der Waals surface area contributed by atoms with Crippen LogP contribution in [-0.4, -0.2) is 16.8 Å². The highest BCUT2D eigenvalue weighted by atomic mass is 16.2. The molecule has 2 rings (SSSR count). The lowest BCUT2D eigenvalue weighted by Gasteiger charge is -2.11. The van der Waals surface area contributed by atoms with Crippen molar-refractivity contribution in [3.8, 4) is 0 Å². The summed E-state index contributed by atoms with van der Waals surface area (Å²) in [5.74, 6) is -0.389. The Kier molecular flexibility index (Phi) is 5.63. The summed E-state index contributed by atoms with van der Waals surface area (Å²) >= 11 is 0. The SMILES string of the molecule is CC(C)=CC(=O)Nc1ccccc1CNC(=O)c1cccnc1. The van der Waals surface area contributed by atoms with Gasteiger partial charge in [0.1, 0.15) is 0 Å². The molecule has 0 spiro atoms. The molecule has 2 aromatic rings. The molecule has 1 aromatic heterocycles. The highest BCUT2D eigenvalue weighted by Gasteiger charge is 2.08. The second-order valence-electron chi connectivity index (χ2n) is 5.29. The van der Waals surface area contributed by atoms with Crippen LogP contribution in [0.4, 0.5) is 5.69 Å². The van der Waals surface area contributed by atoms with Gasteiger partial charge in [0.05, 0.1) is 5.56 Å². The van der Waals surface area contributed by atoms with Gasteiger partial charge in [0.2, 0.25) is 5.91 Å². The number of rotatable bonds is 5. The van der Waals surface area contributed by atoms with Gasteiger partial charge in [-0.15, -0.1) is 0 Å². The monoisotopic (exact) mass is 309 g/mol. The summed E-state index contributed by atoms with van der Waals surface area (Å²) in [6, 6.07) is 10.8. The van der Waals surface area contributed by atoms with Crippen LogP contribution in [0.25, 0.3) is 0 Å². The molecule has 0 saturated carbocycles. The predicted octanol–water partition coefficient (Wildman–Crippen LogP) is 2.92. The highest BCUT2D eigenvalue weighted by Crippen LogP contribution is 2.15. The van der Waals surface area contributed by atoms with E-state index in [1.54, 1.807) is 18.3 Å². The lowest BCUT2D eigenvalue weighted by molar-refractivity contribution is -0.111. The molecule has 0 aliphatic carbocycles. The van der Waals surface area contributed by atoms with E-state index in [0.717, 1.165) is 11.1 Å². The van der Waals surface area contributed by atoms with E-state index < -0.39 is 0 Å². The molecule has 0 saturated heterocycles. The van der Waals surface area contributed by atoms with Crippen LogP contribution in [0, 0.1) is 0 Å². The maximum Gasteiger partial charge on any atom is 0.253 e. The van der Waals surface area contributed by atoms with Crippen molar-refractivity contribution in [2.24, 2.45) is 0 Å². The Morgan fingerprint density at radius 1 is 1.13 bits per heavy atom. The Labute approximate surface area is 135 Å². The number of nitrogens with zero attached hydrogens (tertiary/aromatic N) is 1. The third kappa shape index (κ3) is 5.07. The first kappa shape index (κ1) is 16.4. The van der Waals surface area contributed by atoms with E-state index in [1.165, 1.54) is 12.3 Å². The van der Waals surface area contributed by atoms with Crippen molar-refractivity contribution in [1.29, 1.82) is 0 Å². The van der Waals surface area contributed by atoms with Crippen LogP contribution in [0.2, 0.25) is 0 Å². The summed E-state index contributed by atoms with van der Waals surface area (Å²) in [5.41, 5.74) is 2.94. The van der Waals surface area contributed by atoms with Gasteiger partial charge in [0.25, 0.3) is 5.91 Å². The topological polar surface area (TPSA) is 71.1 Å². The molecule has 0 atom stereocenters. The molecular weight excluding hydrogens is 290 g/mol. The minimum Gasteiger partial charge on any atom is -0.348 e. The molecule has 0 radical (unpaired) electrons. The maximum atomic E-state index is 12.0. The van der Waals surface area contributed by atoms with E-state index in [1.807, 2.05) is 38.1 Å². The Bertz CT molecular complexity index is 720. The van der Waals surface area contributed by atoms with Crippen molar-refractivity contribution in [2.75, 3.05) is 5.32 Å². The Morgan fingerprint density at radius 2 is 1.91 bits per heavy atom. The number of amides is 2. The van der Waals surface area contributed by atoms with E-state index in [2.05, 4.69) is 15.6 Å². The van der Waals surface area contributed by atoms with E-state index in [9.17, 15) is 9.59 Å². The minimum absolute atomic E-state index is 0.184. The standard InChI is InChI=1S/C18H19N3O2/c1-13(2)10-17(22)21-16-8-4-3-6-14(16)12-20-18(23)15-7-5-9-19-11-15/h3-11H,12H2,1-2H3,(H,20,23)(H,21,22). The molecule has 2 N–H and O–H groups in total. The fourth-order valence-corrected chi connectivity index (χ4v) is 2.00. The third-order valence-electron chi connectivity index (χ3n) is 3.06. The Hall–Kier alpha value is -2.95. The summed E-state index contributed by atoms with van der Waals surface area (Å²) in [4.78, 5) is 27.8. The minimum atomic E-state index is -0.205. The molecular formula is C18H19N3O2. The zero-order valence-corrected chi connectivity index (χ0v) is 13.2. The van der Waals surface area contributed by atoms with Crippen molar-refractivity contribution < 1.29 is 9.59 Å². The number of para-hydroxylation sites is 1. The molecule has 0 fully saturated rings. The largest absolute Gasteiger partial charge is 0.348 e. The first-order valence-electron chi connectivity index (χ1n) is 7.28. The number of carbonyl (C=O) groups is 2. The van der Waals surface area contributed by atoms with Crippen molar-refractivity contribution in [3.05, 3.63) is 71.6 Å². The molecule has 5 heteroatoms. The highest BCUT2D eigenvalue weighted by molar-refractivity contribution is 6.00. The first-order chi connectivity index (χ1) is 11.1. The van der Waals surface area contributed by atoms with Gasteiger partial charge in [0.15, 0.2) is 0 Å². The van der Waals surface area contributed by atoms with Gasteiger partial charge >= 0.3 is 0 Å². The van der Waals surface area contributed by atoms with Crippen molar-refractivity contribution in [3.63, 3.8) is 0 Å². The number of pyridine rings is 1. The molecule has 0 unspecified atom stereocenters. The van der Waals surface area contributed by atoms with E-state index in [-0.39, 0.29) is 11.8 Å². The number of nitrogens with one attached hydrogen (secondary N) is 2. The fourth-order valence-electron chi connectivity index (χ4n) is 2.00. The van der Waals surface area contributed by atoms with E-state index >= 15 is 0 Å². The van der Waals surface area contributed by atoms with Crippen molar-refractivity contribution in [2.45, 2.75) is 20.4 Å². The summed E-state index contributed by atoms with van der Waals surface area (Å²) in [6.07, 6.45) is 4.66. The van der Waals surface area contributed by atoms with Crippen LogP contribution < -0.4 is 10.6 Å². The van der Waals surface area contributed by atoms with Gasteiger partial charge in [0, 0.05) is 30.7 Å². The van der Waals surface area contributed by atoms with Crippen LogP contribution in [0.15, 0.2) is 60.4 Å². The second kappa shape index (κ2) is 7.89. The molecule has 0 aliphatic heterocycles. The van der Waals surface area contributed by atoms with Crippen LogP contribution in [0.5, 0.6) is 0 Å². The van der Waals surface area contributed by atoms with Gasteiger partial charge in [-0.2, -0.15) is 0 Å². The smallest absolute Gasteiger partial charge is 0.253 e. The quantitative estimate of drug-likeness (QED) is 0.834. The van der Waals surface area contributed by atoms with Gasteiger partial charge in [-0.1, -0.05) is 23.8 Å². The summed E-state index contributed by atoms with van der Waals surface area (Å²) in [5, 5.41) is 5.65. The number of hydrogen-bond acceptors (Lipinski definition) is 3. The number of allylic oxidation sites excluding steroid dienone is 1. The molecule has 23 heavy (non-hydrogen) atoms. The Morgan fingerprint density at radius 3 is 2.61 bits per heavy atom. The normalized spacial score (nSPS) is 9.83. The van der Waals surface area contributed by atoms with Crippen LogP contribution in [0.3, 0.4) is 0 Å². The zero-order chi connectivity index (χ0) is 16.7. The molecule has 1 heterocycles. The number of carbonyl (C=O) groups excluding carboxylic acids is 2. The number of aromatic nitrogens is 1. The maximum absolute atomic E-state index is 12.0. The van der Waals surface area contributed by atoms with Crippen LogP contribution in [-0.2, 0) is 11.3 Å². The molecule has 0 bridgehead atoms. The van der Waals surface area contributed by atoms with E-state index in [0.29, 0.717) is 17.8 Å². The molecule has 1 aromatic carbocycles. The van der Waals surface area contributed by atoms with E-state index in [4.69, 9.17) is 0 Å². The number of benzene rings is 1. The van der Waals surface area contributed by atoms with Gasteiger partial charge in [-0.25, -0.2) is 0 Å². The third-order valence-corrected chi connectivity index (χ3v) is 3.06. The first-order valence-corrected chi connectivity index (χ1v) is 7.28. The molecule has 5 nitrogen and oxygen atoms in total. The van der Waals surface area contributed by atoms with Crippen molar-refractivity contribution >= 4 is 17.5 Å². The lowest BCUT2D eigenvalue weighted by atomic mass is 10.1. The predicted molar refractivity (Wildman–Crippen MR) is 89.9 cm³/mol. The molecule has 2 amide bonds. The van der Waals surface area contributed by atoms with Crippen molar-refractivity contribution in [1.82, 2.24) is 10.3 Å². The number of hydrogen-bond donors (Lipinski definition) is 2. The molecule has 0 aliphatic rings. The summed E-state index contributed by atoms with van der Waals surface area (Å²) in [7, 11) is 0. The lowest BCUT2D eigenvalue weighted by Crippen LogP contribution is -2.23. The fraction of sp³-hybridized carbons (Fsp3) is 0.167. The van der Waals surface area contributed by atoms with Crippen LogP contribution >= 0.6 is 0 Å². The average Bonchev–Trinajstić information content (AvgIpc) is 2.53. The Balaban J connectivity index is 2.04. The summed E-state index contributed by atoms with van der Waals surface area (Å²) < 4.78 is 0.